The maximum Gasteiger partial charge on any atom is 0.224 e. The van der Waals surface area contributed by atoms with Crippen molar-refractivity contribution >= 4 is 17.3 Å². The number of fused-ring (bicyclic) bond motifs is 1. The molecule has 0 bridgehead atoms. The number of carbonyl (C=O) groups is 1. The van der Waals surface area contributed by atoms with Gasteiger partial charge in [-0.2, -0.15) is 5.10 Å². The lowest BCUT2D eigenvalue weighted by atomic mass is 9.92. The molecule has 2 heterocycles. The fourth-order valence-electron chi connectivity index (χ4n) is 4.59. The van der Waals surface area contributed by atoms with Crippen molar-refractivity contribution in [1.82, 2.24) is 10.2 Å². The predicted octanol–water partition coefficient (Wildman–Crippen LogP) is 5.55. The Kier molecular flexibility index (Phi) is 5.61. The minimum absolute atomic E-state index is 0.0264. The Hall–Kier alpha value is -3.08. The lowest BCUT2D eigenvalue weighted by Gasteiger charge is -2.31. The highest BCUT2D eigenvalue weighted by Gasteiger charge is 2.30. The first-order valence-electron chi connectivity index (χ1n) is 11.0. The molecule has 2 N–H and O–H groups in total. The first kappa shape index (κ1) is 21.2. The minimum atomic E-state index is -0.0264. The van der Waals surface area contributed by atoms with E-state index in [4.69, 9.17) is 0 Å². The van der Waals surface area contributed by atoms with Crippen LogP contribution in [0.4, 0.5) is 11.4 Å². The van der Waals surface area contributed by atoms with Crippen molar-refractivity contribution in [2.75, 3.05) is 16.8 Å². The number of hydrogen-bond acceptors (Lipinski definition) is 3. The smallest absolute Gasteiger partial charge is 0.224 e. The lowest BCUT2D eigenvalue weighted by Crippen LogP contribution is -2.27. The van der Waals surface area contributed by atoms with Gasteiger partial charge in [0.1, 0.15) is 0 Å². The van der Waals surface area contributed by atoms with E-state index in [1.807, 2.05) is 18.5 Å². The zero-order valence-corrected chi connectivity index (χ0v) is 19.1. The van der Waals surface area contributed by atoms with Crippen LogP contribution in [0.5, 0.6) is 0 Å². The third kappa shape index (κ3) is 4.82. The standard InChI is InChI=1S/C26H32N4O/c1-17-10-18(2)12-20(11-17)25(21-15-27-28-16-21)30-9-8-19-13-22(6-7-23(19)30)29-24(31)14-26(3,4)5/h6-7,10-13,15-16,25H,8-9,14H2,1-5H3,(H,27,28)(H,29,31). The van der Waals surface area contributed by atoms with Gasteiger partial charge >= 0.3 is 0 Å². The first-order chi connectivity index (χ1) is 14.7. The van der Waals surface area contributed by atoms with Gasteiger partial charge in [0, 0.05) is 36.1 Å². The highest BCUT2D eigenvalue weighted by Crippen LogP contribution is 2.40. The normalized spacial score (nSPS) is 14.4. The molecule has 0 fully saturated rings. The fraction of sp³-hybridized carbons (Fsp3) is 0.385. The van der Waals surface area contributed by atoms with Crippen LogP contribution in [0.3, 0.4) is 0 Å². The Morgan fingerprint density at radius 2 is 1.87 bits per heavy atom. The van der Waals surface area contributed by atoms with E-state index in [-0.39, 0.29) is 17.4 Å². The van der Waals surface area contributed by atoms with E-state index in [1.165, 1.54) is 27.9 Å². The number of rotatable bonds is 5. The molecule has 4 rings (SSSR count). The second kappa shape index (κ2) is 8.22. The number of H-pyrrole nitrogens is 1. The molecule has 3 aromatic rings. The number of hydrogen-bond donors (Lipinski definition) is 2. The van der Waals surface area contributed by atoms with E-state index in [9.17, 15) is 4.79 Å². The summed E-state index contributed by atoms with van der Waals surface area (Å²) in [7, 11) is 0. The summed E-state index contributed by atoms with van der Waals surface area (Å²) in [5, 5.41) is 10.3. The average molecular weight is 417 g/mol. The van der Waals surface area contributed by atoms with Crippen molar-refractivity contribution in [3.05, 3.63) is 76.6 Å². The second-order valence-electron chi connectivity index (χ2n) is 9.93. The topological polar surface area (TPSA) is 61.0 Å². The van der Waals surface area contributed by atoms with E-state index >= 15 is 0 Å². The Bertz CT molecular complexity index is 1060. The Balaban J connectivity index is 1.64. The number of benzene rings is 2. The summed E-state index contributed by atoms with van der Waals surface area (Å²) in [5.41, 5.74) is 8.29. The van der Waals surface area contributed by atoms with Gasteiger partial charge in [-0.25, -0.2) is 0 Å². The molecule has 1 aromatic heterocycles. The lowest BCUT2D eigenvalue weighted by molar-refractivity contribution is -0.117. The highest BCUT2D eigenvalue weighted by atomic mass is 16.1. The number of carbonyl (C=O) groups excluding carboxylic acids is 1. The van der Waals surface area contributed by atoms with Crippen LogP contribution >= 0.6 is 0 Å². The van der Waals surface area contributed by atoms with Crippen LogP contribution in [0.1, 0.15) is 61.1 Å². The van der Waals surface area contributed by atoms with E-state index in [0.29, 0.717) is 6.42 Å². The van der Waals surface area contributed by atoms with Crippen molar-refractivity contribution in [3.63, 3.8) is 0 Å². The minimum Gasteiger partial charge on any atom is -0.360 e. The monoisotopic (exact) mass is 416 g/mol. The van der Waals surface area contributed by atoms with Crippen molar-refractivity contribution < 1.29 is 4.79 Å². The SMILES string of the molecule is Cc1cc(C)cc(C(c2cn[nH]c2)N2CCc3cc(NC(=O)CC(C)(C)C)ccc32)c1. The summed E-state index contributed by atoms with van der Waals surface area (Å²) in [4.78, 5) is 14.8. The number of amides is 1. The van der Waals surface area contributed by atoms with Crippen molar-refractivity contribution in [3.8, 4) is 0 Å². The fourth-order valence-corrected chi connectivity index (χ4v) is 4.59. The highest BCUT2D eigenvalue weighted by molar-refractivity contribution is 5.91. The van der Waals surface area contributed by atoms with Gasteiger partial charge in [0.25, 0.3) is 0 Å². The van der Waals surface area contributed by atoms with Crippen LogP contribution in [0.15, 0.2) is 48.8 Å². The Labute approximate surface area is 184 Å². The van der Waals surface area contributed by atoms with Gasteiger partial charge in [0.05, 0.1) is 12.2 Å². The molecule has 1 amide bonds. The molecule has 1 atom stereocenters. The molecule has 0 spiro atoms. The molecule has 2 aromatic carbocycles. The summed E-state index contributed by atoms with van der Waals surface area (Å²) in [5.74, 6) is 0.0637. The van der Waals surface area contributed by atoms with E-state index < -0.39 is 0 Å². The molecule has 0 saturated carbocycles. The average Bonchev–Trinajstić information content (AvgIpc) is 3.30. The third-order valence-electron chi connectivity index (χ3n) is 5.69. The predicted molar refractivity (Wildman–Crippen MR) is 127 cm³/mol. The quantitative estimate of drug-likeness (QED) is 0.573. The van der Waals surface area contributed by atoms with Gasteiger partial charge in [-0.1, -0.05) is 50.1 Å². The summed E-state index contributed by atoms with van der Waals surface area (Å²) in [6.45, 7) is 11.5. The summed E-state index contributed by atoms with van der Waals surface area (Å²) < 4.78 is 0. The maximum absolute atomic E-state index is 12.4. The Morgan fingerprint density at radius 1 is 1.13 bits per heavy atom. The molecule has 0 saturated heterocycles. The molecule has 162 valence electrons. The number of aryl methyl sites for hydroxylation is 2. The summed E-state index contributed by atoms with van der Waals surface area (Å²) in [6, 6.07) is 13.1. The third-order valence-corrected chi connectivity index (χ3v) is 5.69. The van der Waals surface area contributed by atoms with E-state index in [1.54, 1.807) is 0 Å². The van der Waals surface area contributed by atoms with Crippen LogP contribution in [0, 0.1) is 19.3 Å². The molecule has 31 heavy (non-hydrogen) atoms. The molecule has 1 aliphatic heterocycles. The van der Waals surface area contributed by atoms with Crippen molar-refractivity contribution in [2.24, 2.45) is 5.41 Å². The Morgan fingerprint density at radius 3 is 2.52 bits per heavy atom. The van der Waals surface area contributed by atoms with Crippen molar-refractivity contribution in [1.29, 1.82) is 0 Å². The molecule has 1 aliphatic rings. The van der Waals surface area contributed by atoms with Gasteiger partial charge < -0.3 is 10.2 Å². The maximum atomic E-state index is 12.4. The van der Waals surface area contributed by atoms with Gasteiger partial charge in [0.2, 0.25) is 5.91 Å². The molecular weight excluding hydrogens is 384 g/mol. The molecular formula is C26H32N4O. The zero-order chi connectivity index (χ0) is 22.2. The van der Waals surface area contributed by atoms with Crippen molar-refractivity contribution in [2.45, 2.75) is 53.5 Å². The second-order valence-corrected chi connectivity index (χ2v) is 9.93. The van der Waals surface area contributed by atoms with Crippen LogP contribution in [0.2, 0.25) is 0 Å². The number of aromatic nitrogens is 2. The van der Waals surface area contributed by atoms with E-state index in [0.717, 1.165) is 24.2 Å². The number of aromatic amines is 1. The molecule has 5 heteroatoms. The first-order valence-corrected chi connectivity index (χ1v) is 11.0. The van der Waals surface area contributed by atoms with Gasteiger partial charge in [-0.05, 0) is 55.0 Å². The molecule has 0 aliphatic carbocycles. The van der Waals surface area contributed by atoms with Gasteiger partial charge in [-0.3, -0.25) is 9.89 Å². The van der Waals surface area contributed by atoms with Crippen LogP contribution in [0.25, 0.3) is 0 Å². The summed E-state index contributed by atoms with van der Waals surface area (Å²) >= 11 is 0. The van der Waals surface area contributed by atoms with Crippen LogP contribution < -0.4 is 10.2 Å². The summed E-state index contributed by atoms with van der Waals surface area (Å²) in [6.07, 6.45) is 5.37. The van der Waals surface area contributed by atoms with Crippen LogP contribution in [-0.4, -0.2) is 22.6 Å². The largest absolute Gasteiger partial charge is 0.360 e. The van der Waals surface area contributed by atoms with Gasteiger partial charge in [0.15, 0.2) is 0 Å². The van der Waals surface area contributed by atoms with E-state index in [2.05, 4.69) is 85.4 Å². The number of nitrogens with zero attached hydrogens (tertiary/aromatic N) is 2. The zero-order valence-electron chi connectivity index (χ0n) is 19.1. The van der Waals surface area contributed by atoms with Crippen LogP contribution in [-0.2, 0) is 11.2 Å². The molecule has 1 unspecified atom stereocenters. The molecule has 5 nitrogen and oxygen atoms in total. The number of nitrogens with one attached hydrogen (secondary N) is 2. The van der Waals surface area contributed by atoms with Gasteiger partial charge in [-0.15, -0.1) is 0 Å². The molecule has 0 radical (unpaired) electrons. The number of anilines is 2.